The number of halogens is 1. The van der Waals surface area contributed by atoms with Gasteiger partial charge in [-0.25, -0.2) is 9.18 Å². The van der Waals surface area contributed by atoms with Gasteiger partial charge in [0.25, 0.3) is 5.91 Å². The largest absolute Gasteiger partial charge is 0.478 e. The van der Waals surface area contributed by atoms with Crippen molar-refractivity contribution in [2.75, 3.05) is 0 Å². The topological polar surface area (TPSA) is 87.9 Å². The van der Waals surface area contributed by atoms with Crippen LogP contribution < -0.4 is 5.32 Å². The molecule has 0 spiro atoms. The zero-order valence-electron chi connectivity index (χ0n) is 21.7. The van der Waals surface area contributed by atoms with Crippen LogP contribution in [0.2, 0.25) is 0 Å². The van der Waals surface area contributed by atoms with Crippen LogP contribution in [0.5, 0.6) is 0 Å². The highest BCUT2D eigenvalue weighted by atomic mass is 19.1. The predicted octanol–water partition coefficient (Wildman–Crippen LogP) is 6.76. The summed E-state index contributed by atoms with van der Waals surface area (Å²) in [6, 6.07) is 32.5. The molecule has 0 radical (unpaired) electrons. The minimum Gasteiger partial charge on any atom is -0.478 e. The smallest absolute Gasteiger partial charge is 0.335 e. The number of ketones is 1. The van der Waals surface area contributed by atoms with Crippen molar-refractivity contribution in [3.8, 4) is 11.1 Å². The number of carboxylic acid groups (broad SMARTS) is 1. The van der Waals surface area contributed by atoms with E-state index in [9.17, 15) is 18.8 Å². The first-order chi connectivity index (χ1) is 19.9. The molecule has 2 aromatic heterocycles. The second-order valence-electron chi connectivity index (χ2n) is 9.69. The van der Waals surface area contributed by atoms with Crippen LogP contribution in [-0.2, 0) is 6.54 Å². The van der Waals surface area contributed by atoms with Crippen molar-refractivity contribution in [1.82, 2.24) is 9.72 Å². The molecule has 41 heavy (non-hydrogen) atoms. The summed E-state index contributed by atoms with van der Waals surface area (Å²) in [6.45, 7) is 0.149. The first-order valence-electron chi connectivity index (χ1n) is 12.9. The molecule has 0 fully saturated rings. The van der Waals surface area contributed by atoms with Crippen molar-refractivity contribution < 1.29 is 23.9 Å². The van der Waals surface area contributed by atoms with Crippen LogP contribution in [0.4, 0.5) is 4.39 Å². The molecule has 0 aliphatic heterocycles. The molecule has 0 saturated heterocycles. The number of hydrogen-bond donors (Lipinski definition) is 2. The first kappa shape index (κ1) is 25.7. The van der Waals surface area contributed by atoms with Gasteiger partial charge in [-0.3, -0.25) is 9.59 Å². The standard InChI is InChI=1S/C34H23FN2O4/c35-28-13-11-23(12-14-28)27-18-29-15-16-30(32(38)26-10-9-22-3-1-2-4-25(22)17-26)37(29)31(19-27)33(39)36-20-21-5-7-24(8-6-21)34(40)41/h1-19H,20H2,(H,36,39)(H,40,41). The van der Waals surface area contributed by atoms with Crippen molar-refractivity contribution in [2.24, 2.45) is 0 Å². The minimum atomic E-state index is -1.03. The summed E-state index contributed by atoms with van der Waals surface area (Å²) in [7, 11) is 0. The van der Waals surface area contributed by atoms with Crippen molar-refractivity contribution >= 4 is 33.9 Å². The summed E-state index contributed by atoms with van der Waals surface area (Å²) in [5, 5.41) is 14.0. The number of aromatic nitrogens is 1. The summed E-state index contributed by atoms with van der Waals surface area (Å²) in [4.78, 5) is 38.6. The van der Waals surface area contributed by atoms with Gasteiger partial charge in [-0.15, -0.1) is 0 Å². The van der Waals surface area contributed by atoms with Gasteiger partial charge in [-0.2, -0.15) is 0 Å². The minimum absolute atomic E-state index is 0.149. The van der Waals surface area contributed by atoms with E-state index in [1.165, 1.54) is 24.3 Å². The summed E-state index contributed by atoms with van der Waals surface area (Å²) in [5.41, 5.74) is 3.97. The molecule has 4 aromatic carbocycles. The number of carboxylic acids is 1. The van der Waals surface area contributed by atoms with Gasteiger partial charge < -0.3 is 14.8 Å². The Bertz CT molecular complexity index is 1960. The highest BCUT2D eigenvalue weighted by Crippen LogP contribution is 2.27. The molecule has 0 aliphatic rings. The van der Waals surface area contributed by atoms with Gasteiger partial charge in [0.15, 0.2) is 0 Å². The number of benzene rings is 4. The van der Waals surface area contributed by atoms with E-state index in [4.69, 9.17) is 5.11 Å². The number of carbonyl (C=O) groups excluding carboxylic acids is 2. The zero-order chi connectivity index (χ0) is 28.5. The Morgan fingerprint density at radius 3 is 2.12 bits per heavy atom. The fourth-order valence-corrected chi connectivity index (χ4v) is 4.92. The number of nitrogens with one attached hydrogen (secondary N) is 1. The van der Waals surface area contributed by atoms with E-state index in [1.807, 2.05) is 42.5 Å². The second-order valence-corrected chi connectivity index (χ2v) is 9.69. The molecule has 6 nitrogen and oxygen atoms in total. The molecule has 0 atom stereocenters. The van der Waals surface area contributed by atoms with E-state index >= 15 is 0 Å². The van der Waals surface area contributed by atoms with Gasteiger partial charge in [-0.05, 0) is 82.1 Å². The van der Waals surface area contributed by atoms with Crippen LogP contribution >= 0.6 is 0 Å². The van der Waals surface area contributed by atoms with Gasteiger partial charge in [0.05, 0.1) is 11.3 Å². The summed E-state index contributed by atoms with van der Waals surface area (Å²) < 4.78 is 15.2. The quantitative estimate of drug-likeness (QED) is 0.218. The molecule has 7 heteroatoms. The molecule has 2 N–H and O–H groups in total. The Labute approximate surface area is 234 Å². The van der Waals surface area contributed by atoms with E-state index in [0.717, 1.165) is 16.3 Å². The molecule has 6 rings (SSSR count). The van der Waals surface area contributed by atoms with Crippen LogP contribution in [0.1, 0.15) is 42.5 Å². The van der Waals surface area contributed by atoms with Crippen molar-refractivity contribution in [3.63, 3.8) is 0 Å². The lowest BCUT2D eigenvalue weighted by Gasteiger charge is -2.14. The van der Waals surface area contributed by atoms with Gasteiger partial charge in [-0.1, -0.05) is 60.7 Å². The molecule has 2 heterocycles. The summed E-state index contributed by atoms with van der Waals surface area (Å²) in [5.74, 6) is -2.06. The van der Waals surface area contributed by atoms with Gasteiger partial charge in [0.1, 0.15) is 11.5 Å². The van der Waals surface area contributed by atoms with Crippen LogP contribution in [0.25, 0.3) is 27.4 Å². The lowest BCUT2D eigenvalue weighted by molar-refractivity contribution is 0.0696. The van der Waals surface area contributed by atoms with Crippen LogP contribution in [0, 0.1) is 5.82 Å². The predicted molar refractivity (Wildman–Crippen MR) is 155 cm³/mol. The molecular formula is C34H23FN2O4. The van der Waals surface area contributed by atoms with Crippen LogP contribution in [0.3, 0.4) is 0 Å². The molecule has 6 aromatic rings. The molecule has 0 unspecified atom stereocenters. The Hall–Kier alpha value is -5.56. The fraction of sp³-hybridized carbons (Fsp3) is 0.0294. The Morgan fingerprint density at radius 2 is 1.39 bits per heavy atom. The van der Waals surface area contributed by atoms with Crippen molar-refractivity contribution in [3.05, 3.63) is 149 Å². The summed E-state index contributed by atoms with van der Waals surface area (Å²) >= 11 is 0. The highest BCUT2D eigenvalue weighted by Gasteiger charge is 2.20. The highest BCUT2D eigenvalue weighted by molar-refractivity contribution is 6.11. The number of pyridine rings is 1. The normalized spacial score (nSPS) is 11.0. The number of nitrogens with zero attached hydrogens (tertiary/aromatic N) is 1. The van der Waals surface area contributed by atoms with E-state index in [2.05, 4.69) is 5.32 Å². The number of carbonyl (C=O) groups is 3. The van der Waals surface area contributed by atoms with Crippen molar-refractivity contribution in [1.29, 1.82) is 0 Å². The number of fused-ring (bicyclic) bond motifs is 2. The number of hydrogen-bond acceptors (Lipinski definition) is 3. The second kappa shape index (κ2) is 10.5. The summed E-state index contributed by atoms with van der Waals surface area (Å²) in [6.07, 6.45) is 0. The maximum atomic E-state index is 13.8. The molecule has 0 saturated carbocycles. The number of rotatable bonds is 7. The van der Waals surface area contributed by atoms with E-state index in [0.29, 0.717) is 27.9 Å². The monoisotopic (exact) mass is 542 g/mol. The third-order valence-corrected chi connectivity index (χ3v) is 7.06. The fourth-order valence-electron chi connectivity index (χ4n) is 4.92. The Morgan fingerprint density at radius 1 is 0.683 bits per heavy atom. The van der Waals surface area contributed by atoms with E-state index < -0.39 is 11.9 Å². The zero-order valence-corrected chi connectivity index (χ0v) is 21.7. The number of aromatic carboxylic acids is 1. The molecule has 1 amide bonds. The van der Waals surface area contributed by atoms with E-state index in [1.54, 1.807) is 52.9 Å². The molecule has 200 valence electrons. The Kier molecular flexibility index (Phi) is 6.61. The maximum absolute atomic E-state index is 13.8. The average Bonchev–Trinajstić information content (AvgIpc) is 3.43. The molecular weight excluding hydrogens is 519 g/mol. The maximum Gasteiger partial charge on any atom is 0.335 e. The third-order valence-electron chi connectivity index (χ3n) is 7.06. The van der Waals surface area contributed by atoms with Crippen LogP contribution in [0.15, 0.2) is 115 Å². The van der Waals surface area contributed by atoms with Gasteiger partial charge in [0, 0.05) is 17.6 Å². The number of amides is 1. The first-order valence-corrected chi connectivity index (χ1v) is 12.9. The van der Waals surface area contributed by atoms with Gasteiger partial charge in [0.2, 0.25) is 5.78 Å². The van der Waals surface area contributed by atoms with Crippen LogP contribution in [-0.4, -0.2) is 27.2 Å². The van der Waals surface area contributed by atoms with E-state index in [-0.39, 0.29) is 29.4 Å². The lowest BCUT2D eigenvalue weighted by Crippen LogP contribution is -2.26. The molecule has 0 aliphatic carbocycles. The lowest BCUT2D eigenvalue weighted by atomic mass is 10.0. The third kappa shape index (κ3) is 5.08. The SMILES string of the molecule is O=C(O)c1ccc(CNC(=O)c2cc(-c3ccc(F)cc3)cc3ccc(C(=O)c4ccc5ccccc5c4)n23)cc1. The Balaban J connectivity index is 1.41. The average molecular weight is 543 g/mol. The molecule has 0 bridgehead atoms. The van der Waals surface area contributed by atoms with Crippen molar-refractivity contribution in [2.45, 2.75) is 6.54 Å². The van der Waals surface area contributed by atoms with Gasteiger partial charge >= 0.3 is 5.97 Å².